The van der Waals surface area contributed by atoms with Crippen molar-refractivity contribution in [3.8, 4) is 0 Å². The van der Waals surface area contributed by atoms with E-state index in [-0.39, 0.29) is 53.3 Å². The van der Waals surface area contributed by atoms with Crippen molar-refractivity contribution < 1.29 is 19.2 Å². The van der Waals surface area contributed by atoms with Gasteiger partial charge in [0.05, 0.1) is 11.6 Å². The summed E-state index contributed by atoms with van der Waals surface area (Å²) in [7, 11) is 0. The van der Waals surface area contributed by atoms with E-state index in [2.05, 4.69) is 35.6 Å². The topological polar surface area (TPSA) is 113 Å². The van der Waals surface area contributed by atoms with E-state index in [9.17, 15) is 19.2 Å². The summed E-state index contributed by atoms with van der Waals surface area (Å²) in [4.78, 5) is 54.3. The molecular formula is C31H43N5O4. The fourth-order valence-electron chi connectivity index (χ4n) is 6.86. The number of aromatic nitrogens is 2. The first-order valence-corrected chi connectivity index (χ1v) is 15.0. The normalized spacial score (nSPS) is 27.4. The average Bonchev–Trinajstić information content (AvgIpc) is 3.31. The summed E-state index contributed by atoms with van der Waals surface area (Å²) >= 11 is 0. The maximum atomic E-state index is 14.0. The van der Waals surface area contributed by atoms with E-state index < -0.39 is 6.04 Å². The van der Waals surface area contributed by atoms with Crippen LogP contribution >= 0.6 is 0 Å². The molecule has 216 valence electrons. The number of amides is 2. The monoisotopic (exact) mass is 549 g/mol. The van der Waals surface area contributed by atoms with Crippen LogP contribution in [0.1, 0.15) is 95.6 Å². The molecule has 0 spiro atoms. The van der Waals surface area contributed by atoms with Gasteiger partial charge in [0.1, 0.15) is 12.2 Å². The molecule has 2 bridgehead atoms. The lowest BCUT2D eigenvalue weighted by atomic mass is 9.95. The quantitative estimate of drug-likeness (QED) is 0.539. The minimum atomic E-state index is -0.486. The van der Waals surface area contributed by atoms with Gasteiger partial charge in [0, 0.05) is 54.4 Å². The van der Waals surface area contributed by atoms with Crippen molar-refractivity contribution in [2.75, 3.05) is 11.9 Å². The van der Waals surface area contributed by atoms with E-state index in [4.69, 9.17) is 0 Å². The van der Waals surface area contributed by atoms with Gasteiger partial charge in [-0.25, -0.2) is 0 Å². The van der Waals surface area contributed by atoms with E-state index in [1.54, 1.807) is 9.58 Å². The molecule has 1 saturated heterocycles. The van der Waals surface area contributed by atoms with Crippen LogP contribution in [0.25, 0.3) is 10.9 Å². The molecule has 3 aliphatic rings. The number of ketones is 2. The van der Waals surface area contributed by atoms with Gasteiger partial charge in [-0.1, -0.05) is 26.7 Å². The van der Waals surface area contributed by atoms with Gasteiger partial charge < -0.3 is 15.5 Å². The predicted molar refractivity (Wildman–Crippen MR) is 154 cm³/mol. The van der Waals surface area contributed by atoms with Crippen LogP contribution in [0.4, 0.5) is 5.69 Å². The van der Waals surface area contributed by atoms with Crippen molar-refractivity contribution in [2.24, 2.45) is 11.3 Å². The lowest BCUT2D eigenvalue weighted by Gasteiger charge is -2.26. The third kappa shape index (κ3) is 5.27. The summed E-state index contributed by atoms with van der Waals surface area (Å²) < 4.78 is 1.70. The van der Waals surface area contributed by atoms with Crippen LogP contribution in [0.15, 0.2) is 12.1 Å². The molecule has 9 heteroatoms. The van der Waals surface area contributed by atoms with Crippen LogP contribution in [-0.4, -0.2) is 62.7 Å². The van der Waals surface area contributed by atoms with E-state index in [0.29, 0.717) is 25.1 Å². The molecule has 0 radical (unpaired) electrons. The van der Waals surface area contributed by atoms with Crippen LogP contribution in [0.5, 0.6) is 0 Å². The second kappa shape index (κ2) is 11.0. The number of aryl methyl sites for hydroxylation is 1. The van der Waals surface area contributed by atoms with Crippen molar-refractivity contribution in [3.05, 3.63) is 23.4 Å². The molecule has 2 aromatic rings. The molecule has 3 heterocycles. The molecule has 2 fully saturated rings. The smallest absolute Gasteiger partial charge is 0.245 e. The average molecular weight is 550 g/mol. The summed E-state index contributed by atoms with van der Waals surface area (Å²) in [5, 5.41) is 12.1. The number of nitrogens with one attached hydrogen (secondary N) is 2. The summed E-state index contributed by atoms with van der Waals surface area (Å²) in [6.45, 7) is 9.93. The molecule has 9 nitrogen and oxygen atoms in total. The van der Waals surface area contributed by atoms with Crippen molar-refractivity contribution >= 4 is 40.0 Å². The van der Waals surface area contributed by atoms with Crippen LogP contribution in [-0.2, 0) is 27.3 Å². The number of anilines is 1. The number of hydrogen-bond acceptors (Lipinski definition) is 6. The fourth-order valence-corrected chi connectivity index (χ4v) is 6.86. The molecule has 40 heavy (non-hydrogen) atoms. The van der Waals surface area contributed by atoms with Crippen LogP contribution in [0.3, 0.4) is 0 Å². The number of piperidine rings is 1. The first-order valence-electron chi connectivity index (χ1n) is 15.0. The number of rotatable bonds is 5. The molecule has 1 aliphatic carbocycles. The zero-order chi connectivity index (χ0) is 28.8. The van der Waals surface area contributed by atoms with Gasteiger partial charge in [-0.2, -0.15) is 5.10 Å². The minimum Gasteiger partial charge on any atom is -0.383 e. The summed E-state index contributed by atoms with van der Waals surface area (Å²) in [5.74, 6) is -0.277. The van der Waals surface area contributed by atoms with Gasteiger partial charge in [0.15, 0.2) is 11.6 Å². The summed E-state index contributed by atoms with van der Waals surface area (Å²) in [6.07, 6.45) is 6.17. The third-order valence-corrected chi connectivity index (χ3v) is 9.07. The first-order chi connectivity index (χ1) is 19.0. The SMILES string of the molecule is CCC(=O)[C@@H]1C[C@]23CNC(=O)[C@H](C)CCCCCc4cc(NC(C)C)cc5c(C(C)=O)nn(c45)CC(=O)N1[C@@H]2C3. The third-order valence-electron chi connectivity index (χ3n) is 9.07. The van der Waals surface area contributed by atoms with Gasteiger partial charge in [-0.3, -0.25) is 23.9 Å². The van der Waals surface area contributed by atoms with Crippen molar-refractivity contribution in [1.29, 1.82) is 0 Å². The Hall–Kier alpha value is -3.23. The molecule has 2 N–H and O–H groups in total. The summed E-state index contributed by atoms with van der Waals surface area (Å²) in [6, 6.07) is 3.74. The maximum Gasteiger partial charge on any atom is 0.245 e. The van der Waals surface area contributed by atoms with Crippen LogP contribution in [0.2, 0.25) is 0 Å². The van der Waals surface area contributed by atoms with Crippen molar-refractivity contribution in [2.45, 2.75) is 111 Å². The molecule has 1 aromatic carbocycles. The molecule has 2 aliphatic heterocycles. The van der Waals surface area contributed by atoms with Crippen molar-refractivity contribution in [3.63, 3.8) is 0 Å². The summed E-state index contributed by atoms with van der Waals surface area (Å²) in [5.41, 5.74) is 2.92. The number of carbonyl (C=O) groups excluding carboxylic acids is 4. The molecular weight excluding hydrogens is 506 g/mol. The zero-order valence-corrected chi connectivity index (χ0v) is 24.5. The number of carbonyl (C=O) groups is 4. The molecule has 0 unspecified atom stereocenters. The lowest BCUT2D eigenvalue weighted by molar-refractivity contribution is -0.139. The van der Waals surface area contributed by atoms with Gasteiger partial charge in [0.2, 0.25) is 11.8 Å². The molecule has 4 atom stereocenters. The molecule has 1 aromatic heterocycles. The van der Waals surface area contributed by atoms with Crippen LogP contribution in [0, 0.1) is 11.3 Å². The first kappa shape index (κ1) is 28.3. The number of benzene rings is 1. The largest absolute Gasteiger partial charge is 0.383 e. The highest BCUT2D eigenvalue weighted by molar-refractivity contribution is 6.06. The number of hydrogen-bond donors (Lipinski definition) is 2. The highest BCUT2D eigenvalue weighted by Crippen LogP contribution is 2.59. The Bertz CT molecular complexity index is 1350. The Morgan fingerprint density at radius 3 is 2.65 bits per heavy atom. The Labute approximate surface area is 236 Å². The van der Waals surface area contributed by atoms with Gasteiger partial charge in [-0.15, -0.1) is 0 Å². The standard InChI is InChI=1S/C31H43N5O4/c1-6-25(38)24-14-31-15-26(31)36(24)27(39)16-35-29-21(11-9-7-8-10-19(4)30(40)32-17-31)12-22(33-18(2)3)13-23(29)28(34-35)20(5)37/h12-13,18-19,24,26,33H,6-11,14-17H2,1-5H3,(H,32,40)/t19-,24+,26-,31+/m1/s1. The van der Waals surface area contributed by atoms with Gasteiger partial charge >= 0.3 is 0 Å². The van der Waals surface area contributed by atoms with E-state index in [1.165, 1.54) is 6.92 Å². The second-order valence-electron chi connectivity index (χ2n) is 12.5. The zero-order valence-electron chi connectivity index (χ0n) is 24.5. The predicted octanol–water partition coefficient (Wildman–Crippen LogP) is 4.27. The Kier molecular flexibility index (Phi) is 7.77. The Morgan fingerprint density at radius 2 is 1.95 bits per heavy atom. The maximum absolute atomic E-state index is 14.0. The molecule has 1 saturated carbocycles. The highest BCUT2D eigenvalue weighted by Gasteiger charge is 2.66. The Morgan fingerprint density at radius 1 is 1.18 bits per heavy atom. The van der Waals surface area contributed by atoms with Crippen molar-refractivity contribution in [1.82, 2.24) is 20.0 Å². The van der Waals surface area contributed by atoms with Gasteiger partial charge in [0.25, 0.3) is 0 Å². The second-order valence-corrected chi connectivity index (χ2v) is 12.5. The van der Waals surface area contributed by atoms with Crippen LogP contribution < -0.4 is 10.6 Å². The fraction of sp³-hybridized carbons (Fsp3) is 0.645. The van der Waals surface area contributed by atoms with Gasteiger partial charge in [-0.05, 0) is 63.6 Å². The van der Waals surface area contributed by atoms with E-state index in [1.807, 2.05) is 19.9 Å². The molecule has 5 rings (SSSR count). The van der Waals surface area contributed by atoms with E-state index in [0.717, 1.165) is 60.7 Å². The number of nitrogens with zero attached hydrogens (tertiary/aromatic N) is 3. The minimum absolute atomic E-state index is 0.0306. The Balaban J connectivity index is 1.58. The van der Waals surface area contributed by atoms with E-state index >= 15 is 0 Å². The number of Topliss-reactive ketones (excluding diaryl/α,β-unsaturated/α-hetero) is 2. The highest BCUT2D eigenvalue weighted by atomic mass is 16.2. The molecule has 2 amide bonds. The lowest BCUT2D eigenvalue weighted by Crippen LogP contribution is -2.44.